The number of hydrogen-bond donors (Lipinski definition) is 0. The molecule has 1 aliphatic rings. The summed E-state index contributed by atoms with van der Waals surface area (Å²) in [5.41, 5.74) is 2.69. The molecule has 2 heterocycles. The Hall–Kier alpha value is -3.57. The number of aromatic nitrogens is 1. The minimum Gasteiger partial charge on any atom is -0.493 e. The van der Waals surface area contributed by atoms with Crippen molar-refractivity contribution in [2.24, 2.45) is 4.99 Å². The van der Waals surface area contributed by atoms with Gasteiger partial charge in [0.2, 0.25) is 0 Å². The van der Waals surface area contributed by atoms with Gasteiger partial charge in [0.1, 0.15) is 12.4 Å². The Morgan fingerprint density at radius 2 is 1.85 bits per heavy atom. The molecule has 8 nitrogen and oxygen atoms in total. The van der Waals surface area contributed by atoms with E-state index in [1.165, 1.54) is 15.9 Å². The zero-order chi connectivity index (χ0) is 33.1. The van der Waals surface area contributed by atoms with Gasteiger partial charge >= 0.3 is 5.97 Å². The second-order valence-electron chi connectivity index (χ2n) is 10.6. The molecule has 0 amide bonds. The Bertz CT molecular complexity index is 2020. The lowest BCUT2D eigenvalue weighted by molar-refractivity contribution is -0.139. The summed E-state index contributed by atoms with van der Waals surface area (Å²) in [6.07, 6.45) is 1.71. The van der Waals surface area contributed by atoms with Gasteiger partial charge in [0.15, 0.2) is 16.3 Å². The number of hydrogen-bond acceptors (Lipinski definition) is 8. The van der Waals surface area contributed by atoms with E-state index in [0.29, 0.717) is 52.4 Å². The minimum atomic E-state index is -0.790. The lowest BCUT2D eigenvalue weighted by atomic mass is 9.95. The first-order valence-corrected chi connectivity index (χ1v) is 16.8. The van der Waals surface area contributed by atoms with E-state index in [-0.39, 0.29) is 30.5 Å². The number of carbonyl (C=O) groups excluding carboxylic acids is 1. The SMILES string of the molecule is CCOC(=O)C1=C(C)N=c2s/c(=C\c3ccc(OCc4ccc(Cl)cc4Cl)c(Br)c3)c(=O)n2[C@@H]1c1ccc(OC(C)C)c(OC)c1. The van der Waals surface area contributed by atoms with E-state index in [9.17, 15) is 9.59 Å². The first-order chi connectivity index (χ1) is 22.0. The van der Waals surface area contributed by atoms with Gasteiger partial charge in [-0.25, -0.2) is 9.79 Å². The van der Waals surface area contributed by atoms with Gasteiger partial charge in [0, 0.05) is 15.6 Å². The number of carbonyl (C=O) groups is 1. The van der Waals surface area contributed by atoms with Crippen LogP contribution in [0, 0.1) is 0 Å². The molecule has 46 heavy (non-hydrogen) atoms. The number of thiazole rings is 1. The van der Waals surface area contributed by atoms with Crippen LogP contribution in [0.3, 0.4) is 0 Å². The summed E-state index contributed by atoms with van der Waals surface area (Å²) < 4.78 is 25.6. The maximum absolute atomic E-state index is 14.1. The Kier molecular flexibility index (Phi) is 10.6. The molecular formula is C34H31BrCl2N2O6S. The van der Waals surface area contributed by atoms with Crippen molar-refractivity contribution in [3.63, 3.8) is 0 Å². The normalized spacial score (nSPS) is 14.6. The van der Waals surface area contributed by atoms with E-state index in [1.54, 1.807) is 51.3 Å². The van der Waals surface area contributed by atoms with E-state index in [4.69, 9.17) is 42.1 Å². The van der Waals surface area contributed by atoms with Crippen LogP contribution in [-0.2, 0) is 16.1 Å². The zero-order valence-electron chi connectivity index (χ0n) is 25.7. The topological polar surface area (TPSA) is 88.4 Å². The van der Waals surface area contributed by atoms with E-state index < -0.39 is 12.0 Å². The number of esters is 1. The highest BCUT2D eigenvalue weighted by Gasteiger charge is 2.34. The highest BCUT2D eigenvalue weighted by molar-refractivity contribution is 9.10. The molecule has 0 bridgehead atoms. The molecule has 1 aliphatic heterocycles. The van der Waals surface area contributed by atoms with E-state index in [0.717, 1.165) is 11.1 Å². The Labute approximate surface area is 288 Å². The summed E-state index contributed by atoms with van der Waals surface area (Å²) in [6.45, 7) is 7.76. The first-order valence-electron chi connectivity index (χ1n) is 14.4. The van der Waals surface area contributed by atoms with Crippen molar-refractivity contribution in [3.8, 4) is 17.2 Å². The molecule has 240 valence electrons. The number of fused-ring (bicyclic) bond motifs is 1. The van der Waals surface area contributed by atoms with Crippen molar-refractivity contribution in [2.45, 2.75) is 46.4 Å². The smallest absolute Gasteiger partial charge is 0.338 e. The quantitative estimate of drug-likeness (QED) is 0.159. The van der Waals surface area contributed by atoms with Crippen LogP contribution in [0.5, 0.6) is 17.2 Å². The van der Waals surface area contributed by atoms with Gasteiger partial charge in [0.05, 0.1) is 46.1 Å². The highest BCUT2D eigenvalue weighted by Crippen LogP contribution is 2.37. The molecule has 0 aliphatic carbocycles. The summed E-state index contributed by atoms with van der Waals surface area (Å²) in [5, 5.41) is 1.07. The molecule has 0 radical (unpaired) electrons. The van der Waals surface area contributed by atoms with E-state index in [1.807, 2.05) is 44.2 Å². The summed E-state index contributed by atoms with van der Waals surface area (Å²) >= 11 is 17.1. The van der Waals surface area contributed by atoms with Crippen molar-refractivity contribution in [2.75, 3.05) is 13.7 Å². The number of rotatable bonds is 10. The summed E-state index contributed by atoms with van der Waals surface area (Å²) in [6, 6.07) is 15.4. The van der Waals surface area contributed by atoms with Crippen LogP contribution >= 0.6 is 50.5 Å². The van der Waals surface area contributed by atoms with Crippen molar-refractivity contribution in [1.29, 1.82) is 0 Å². The van der Waals surface area contributed by atoms with Crippen LogP contribution in [-0.4, -0.2) is 30.4 Å². The number of ether oxygens (including phenoxy) is 4. The van der Waals surface area contributed by atoms with Gasteiger partial charge < -0.3 is 18.9 Å². The third-order valence-corrected chi connectivity index (χ3v) is 9.22. The molecule has 0 saturated carbocycles. The molecule has 3 aromatic carbocycles. The van der Waals surface area contributed by atoms with Crippen LogP contribution < -0.4 is 29.1 Å². The van der Waals surface area contributed by atoms with E-state index in [2.05, 4.69) is 20.9 Å². The maximum atomic E-state index is 14.1. The fourth-order valence-electron chi connectivity index (χ4n) is 4.98. The van der Waals surface area contributed by atoms with Crippen LogP contribution in [0.25, 0.3) is 6.08 Å². The molecule has 1 aromatic heterocycles. The summed E-state index contributed by atoms with van der Waals surface area (Å²) in [7, 11) is 1.55. The standard InChI is InChI=1S/C34H31BrCl2N2O6S/c1-6-43-33(41)30-19(4)38-34-39(31(30)21-9-12-27(45-18(2)3)28(15-21)42-5)32(40)29(46-34)14-20-7-11-26(24(35)13-20)44-17-22-8-10-23(36)16-25(22)37/h7-16,18,31H,6,17H2,1-5H3/b29-14-/t31-/m1/s1. The molecule has 0 fully saturated rings. The molecule has 1 atom stereocenters. The predicted molar refractivity (Wildman–Crippen MR) is 184 cm³/mol. The highest BCUT2D eigenvalue weighted by atomic mass is 79.9. The fourth-order valence-corrected chi connectivity index (χ4v) is 7.00. The van der Waals surface area contributed by atoms with Gasteiger partial charge in [-0.15, -0.1) is 0 Å². The Morgan fingerprint density at radius 3 is 2.52 bits per heavy atom. The molecule has 0 N–H and O–H groups in total. The van der Waals surface area contributed by atoms with Gasteiger partial charge in [0.25, 0.3) is 5.56 Å². The average molecular weight is 747 g/mol. The van der Waals surface area contributed by atoms with Crippen LogP contribution in [0.15, 0.2) is 80.1 Å². The number of nitrogens with zero attached hydrogens (tertiary/aromatic N) is 2. The minimum absolute atomic E-state index is 0.0719. The molecule has 0 saturated heterocycles. The second kappa shape index (κ2) is 14.5. The van der Waals surface area contributed by atoms with Gasteiger partial charge in [-0.2, -0.15) is 0 Å². The zero-order valence-corrected chi connectivity index (χ0v) is 29.6. The third-order valence-electron chi connectivity index (χ3n) is 7.04. The summed E-state index contributed by atoms with van der Waals surface area (Å²) in [5.74, 6) is 1.11. The lowest BCUT2D eigenvalue weighted by Crippen LogP contribution is -2.40. The fraction of sp³-hybridized carbons (Fsp3) is 0.265. The number of methoxy groups -OCH3 is 1. The molecule has 5 rings (SSSR count). The monoisotopic (exact) mass is 744 g/mol. The van der Waals surface area contributed by atoms with Gasteiger partial charge in [-0.1, -0.05) is 52.7 Å². The van der Waals surface area contributed by atoms with Crippen LogP contribution in [0.4, 0.5) is 0 Å². The Morgan fingerprint density at radius 1 is 1.09 bits per heavy atom. The number of halogens is 3. The molecule has 12 heteroatoms. The second-order valence-corrected chi connectivity index (χ2v) is 13.3. The van der Waals surface area contributed by atoms with Gasteiger partial charge in [-0.3, -0.25) is 9.36 Å². The molecule has 0 spiro atoms. The van der Waals surface area contributed by atoms with Crippen molar-refractivity contribution in [1.82, 2.24) is 4.57 Å². The van der Waals surface area contributed by atoms with Crippen molar-refractivity contribution >= 4 is 62.5 Å². The Balaban J connectivity index is 1.54. The lowest BCUT2D eigenvalue weighted by Gasteiger charge is -2.25. The predicted octanol–water partition coefficient (Wildman–Crippen LogP) is 7.24. The van der Waals surface area contributed by atoms with Crippen molar-refractivity contribution in [3.05, 3.63) is 117 Å². The number of benzene rings is 3. The van der Waals surface area contributed by atoms with Crippen molar-refractivity contribution < 1.29 is 23.7 Å². The molecule has 0 unspecified atom stereocenters. The third kappa shape index (κ3) is 7.20. The average Bonchev–Trinajstić information content (AvgIpc) is 3.30. The molecule has 4 aromatic rings. The molecular weight excluding hydrogens is 715 g/mol. The largest absolute Gasteiger partial charge is 0.493 e. The van der Waals surface area contributed by atoms with Crippen LogP contribution in [0.2, 0.25) is 10.0 Å². The first kappa shape index (κ1) is 33.8. The maximum Gasteiger partial charge on any atom is 0.338 e. The van der Waals surface area contributed by atoms with Crippen LogP contribution in [0.1, 0.15) is 50.4 Å². The van der Waals surface area contributed by atoms with Gasteiger partial charge in [-0.05, 0) is 97.2 Å². The summed E-state index contributed by atoms with van der Waals surface area (Å²) in [4.78, 5) is 32.5. The number of allylic oxidation sites excluding steroid dienone is 1. The van der Waals surface area contributed by atoms with E-state index >= 15 is 0 Å².